The number of nitrogens with zero attached hydrogens (tertiary/aromatic N) is 1. The maximum atomic E-state index is 13.4. The minimum atomic E-state index is -0.375. The van der Waals surface area contributed by atoms with Crippen LogP contribution in [0.1, 0.15) is 0 Å². The van der Waals surface area contributed by atoms with E-state index in [2.05, 4.69) is 26.2 Å². The molecule has 6 heteroatoms. The molecule has 106 valence electrons. The lowest BCUT2D eigenvalue weighted by molar-refractivity contribution is 0.628. The number of aromatic nitrogens is 1. The van der Waals surface area contributed by atoms with E-state index in [0.717, 1.165) is 15.4 Å². The number of hydrogen-bond acceptors (Lipinski definition) is 3. The fourth-order valence-corrected chi connectivity index (χ4v) is 2.57. The first-order valence-corrected chi connectivity index (χ1v) is 7.27. The number of nitrogens with one attached hydrogen (secondary N) is 1. The molecule has 2 aromatic carbocycles. The molecule has 0 radical (unpaired) electrons. The van der Waals surface area contributed by atoms with Crippen molar-refractivity contribution in [1.82, 2.24) is 4.98 Å². The van der Waals surface area contributed by atoms with Gasteiger partial charge in [-0.25, -0.2) is 4.39 Å². The Morgan fingerprint density at radius 3 is 2.81 bits per heavy atom. The molecule has 0 unspecified atom stereocenters. The van der Waals surface area contributed by atoms with Crippen molar-refractivity contribution in [3.8, 4) is 0 Å². The number of halogens is 3. The number of fused-ring (bicyclic) bond motifs is 1. The number of nitrogens with two attached hydrogens (primary N) is 1. The molecule has 0 aliphatic heterocycles. The van der Waals surface area contributed by atoms with Crippen molar-refractivity contribution in [3.63, 3.8) is 0 Å². The fraction of sp³-hybridized carbons (Fsp3) is 0. The van der Waals surface area contributed by atoms with Crippen LogP contribution in [0.3, 0.4) is 0 Å². The summed E-state index contributed by atoms with van der Waals surface area (Å²) in [5, 5.41) is 4.33. The molecular weight excluding hydrogens is 357 g/mol. The van der Waals surface area contributed by atoms with Gasteiger partial charge in [0.2, 0.25) is 0 Å². The van der Waals surface area contributed by atoms with E-state index in [1.807, 2.05) is 18.2 Å². The quantitative estimate of drug-likeness (QED) is 0.662. The van der Waals surface area contributed by atoms with Gasteiger partial charge < -0.3 is 11.1 Å². The number of anilines is 3. The lowest BCUT2D eigenvalue weighted by atomic mass is 10.1. The predicted molar refractivity (Wildman–Crippen MR) is 88.5 cm³/mol. The second-order valence-corrected chi connectivity index (χ2v) is 5.82. The van der Waals surface area contributed by atoms with Crippen LogP contribution in [0.2, 0.25) is 5.02 Å². The van der Waals surface area contributed by atoms with Gasteiger partial charge in [-0.1, -0.05) is 27.5 Å². The van der Waals surface area contributed by atoms with Gasteiger partial charge in [0.15, 0.2) is 0 Å². The van der Waals surface area contributed by atoms with Crippen LogP contribution >= 0.6 is 27.5 Å². The molecule has 3 aromatic rings. The average Bonchev–Trinajstić information content (AvgIpc) is 2.46. The molecular formula is C15H10BrClFN3. The van der Waals surface area contributed by atoms with Crippen LogP contribution in [0.15, 0.2) is 47.1 Å². The van der Waals surface area contributed by atoms with Gasteiger partial charge in [0, 0.05) is 9.86 Å². The zero-order valence-electron chi connectivity index (χ0n) is 10.7. The molecule has 3 nitrogen and oxygen atoms in total. The van der Waals surface area contributed by atoms with E-state index >= 15 is 0 Å². The van der Waals surface area contributed by atoms with Crippen LogP contribution in [0.25, 0.3) is 10.9 Å². The SMILES string of the molecule is Nc1cnc2ccc(Br)cc2c1Nc1cc(F)ccc1Cl. The van der Waals surface area contributed by atoms with E-state index in [1.165, 1.54) is 18.2 Å². The third-order valence-corrected chi connectivity index (χ3v) is 3.87. The van der Waals surface area contributed by atoms with Crippen molar-refractivity contribution in [2.45, 2.75) is 0 Å². The zero-order chi connectivity index (χ0) is 15.0. The molecule has 3 N–H and O–H groups in total. The summed E-state index contributed by atoms with van der Waals surface area (Å²) >= 11 is 9.51. The van der Waals surface area contributed by atoms with Crippen LogP contribution in [0.5, 0.6) is 0 Å². The second kappa shape index (κ2) is 5.50. The van der Waals surface area contributed by atoms with Crippen LogP contribution < -0.4 is 11.1 Å². The Balaban J connectivity index is 2.17. The van der Waals surface area contributed by atoms with Gasteiger partial charge in [-0.15, -0.1) is 0 Å². The van der Waals surface area contributed by atoms with E-state index in [0.29, 0.717) is 22.1 Å². The smallest absolute Gasteiger partial charge is 0.125 e. The monoisotopic (exact) mass is 365 g/mol. The Morgan fingerprint density at radius 1 is 1.19 bits per heavy atom. The molecule has 0 amide bonds. The number of rotatable bonds is 2. The lowest BCUT2D eigenvalue weighted by Crippen LogP contribution is -1.99. The summed E-state index contributed by atoms with van der Waals surface area (Å²) in [6.07, 6.45) is 1.56. The number of hydrogen-bond donors (Lipinski definition) is 2. The van der Waals surface area contributed by atoms with Gasteiger partial charge in [-0.05, 0) is 36.4 Å². The molecule has 1 aromatic heterocycles. The van der Waals surface area contributed by atoms with Crippen molar-refractivity contribution < 1.29 is 4.39 Å². The van der Waals surface area contributed by atoms with Crippen molar-refractivity contribution >= 4 is 55.5 Å². The summed E-state index contributed by atoms with van der Waals surface area (Å²) in [6.45, 7) is 0. The average molecular weight is 367 g/mol. The minimum absolute atomic E-state index is 0.375. The topological polar surface area (TPSA) is 50.9 Å². The molecule has 0 aliphatic rings. The summed E-state index contributed by atoms with van der Waals surface area (Å²) < 4.78 is 14.3. The first-order chi connectivity index (χ1) is 10.0. The first kappa shape index (κ1) is 14.1. The van der Waals surface area contributed by atoms with Crippen molar-refractivity contribution in [3.05, 3.63) is 57.9 Å². The van der Waals surface area contributed by atoms with Gasteiger partial charge in [-0.2, -0.15) is 0 Å². The van der Waals surface area contributed by atoms with Gasteiger partial charge in [0.1, 0.15) is 5.82 Å². The summed E-state index contributed by atoms with van der Waals surface area (Å²) in [5.74, 6) is -0.375. The Kier molecular flexibility index (Phi) is 3.69. The van der Waals surface area contributed by atoms with E-state index in [9.17, 15) is 4.39 Å². The summed E-state index contributed by atoms with van der Waals surface area (Å²) in [7, 11) is 0. The highest BCUT2D eigenvalue weighted by Gasteiger charge is 2.10. The standard InChI is InChI=1S/C15H10BrClFN3/c16-8-1-4-13-10(5-8)15(12(19)7-20-13)21-14-6-9(18)2-3-11(14)17/h1-7H,19H2,(H,20,21). The third-order valence-electron chi connectivity index (χ3n) is 3.05. The molecule has 21 heavy (non-hydrogen) atoms. The number of benzene rings is 2. The molecule has 0 spiro atoms. The van der Waals surface area contributed by atoms with Crippen molar-refractivity contribution in [2.24, 2.45) is 0 Å². The summed E-state index contributed by atoms with van der Waals surface area (Å²) in [4.78, 5) is 4.27. The van der Waals surface area contributed by atoms with E-state index in [4.69, 9.17) is 17.3 Å². The Bertz CT molecular complexity index is 833. The number of pyridine rings is 1. The molecule has 0 bridgehead atoms. The van der Waals surface area contributed by atoms with Gasteiger partial charge in [-0.3, -0.25) is 4.98 Å². The van der Waals surface area contributed by atoms with Gasteiger partial charge in [0.05, 0.1) is 33.8 Å². The lowest BCUT2D eigenvalue weighted by Gasteiger charge is -2.13. The maximum absolute atomic E-state index is 13.4. The van der Waals surface area contributed by atoms with E-state index in [-0.39, 0.29) is 5.82 Å². The first-order valence-electron chi connectivity index (χ1n) is 6.10. The summed E-state index contributed by atoms with van der Waals surface area (Å²) in [6, 6.07) is 9.79. The fourth-order valence-electron chi connectivity index (χ4n) is 2.05. The van der Waals surface area contributed by atoms with E-state index < -0.39 is 0 Å². The highest BCUT2D eigenvalue weighted by atomic mass is 79.9. The Labute approximate surface area is 134 Å². The maximum Gasteiger partial charge on any atom is 0.125 e. The molecule has 1 heterocycles. The molecule has 0 aliphatic carbocycles. The van der Waals surface area contributed by atoms with Crippen LogP contribution in [-0.4, -0.2) is 4.98 Å². The highest BCUT2D eigenvalue weighted by molar-refractivity contribution is 9.10. The third kappa shape index (κ3) is 2.80. The highest BCUT2D eigenvalue weighted by Crippen LogP contribution is 2.34. The number of nitrogen functional groups attached to an aromatic ring is 1. The molecule has 0 fully saturated rings. The molecule has 0 saturated heterocycles. The van der Waals surface area contributed by atoms with Crippen LogP contribution in [0, 0.1) is 5.82 Å². The predicted octanol–water partition coefficient (Wildman–Crippen LogP) is 5.12. The minimum Gasteiger partial charge on any atom is -0.396 e. The normalized spacial score (nSPS) is 10.8. The van der Waals surface area contributed by atoms with Crippen molar-refractivity contribution in [2.75, 3.05) is 11.1 Å². The largest absolute Gasteiger partial charge is 0.396 e. The molecule has 3 rings (SSSR count). The van der Waals surface area contributed by atoms with Crippen molar-refractivity contribution in [1.29, 1.82) is 0 Å². The molecule has 0 saturated carbocycles. The van der Waals surface area contributed by atoms with Crippen LogP contribution in [-0.2, 0) is 0 Å². The Morgan fingerprint density at radius 2 is 2.00 bits per heavy atom. The molecule has 0 atom stereocenters. The summed E-state index contributed by atoms with van der Waals surface area (Å²) in [5.41, 5.74) is 8.34. The van der Waals surface area contributed by atoms with Crippen LogP contribution in [0.4, 0.5) is 21.5 Å². The van der Waals surface area contributed by atoms with E-state index in [1.54, 1.807) is 6.20 Å². The zero-order valence-corrected chi connectivity index (χ0v) is 13.0. The second-order valence-electron chi connectivity index (χ2n) is 4.50. The van der Waals surface area contributed by atoms with Gasteiger partial charge in [0.25, 0.3) is 0 Å². The Hall–Kier alpha value is -1.85. The van der Waals surface area contributed by atoms with Gasteiger partial charge >= 0.3 is 0 Å².